The Morgan fingerprint density at radius 2 is 1.78 bits per heavy atom. The van der Waals surface area contributed by atoms with Gasteiger partial charge in [0.05, 0.1) is 16.0 Å². The van der Waals surface area contributed by atoms with Gasteiger partial charge in [0.1, 0.15) is 11.4 Å². The molecule has 0 bridgehead atoms. The molecule has 1 fully saturated rings. The molecular weight excluding hydrogens is 450 g/mol. The lowest BCUT2D eigenvalue weighted by Crippen LogP contribution is -2.43. The van der Waals surface area contributed by atoms with Crippen LogP contribution < -0.4 is 16.6 Å². The number of fused-ring (bicyclic) bond motifs is 1. The van der Waals surface area contributed by atoms with Gasteiger partial charge in [0.25, 0.3) is 5.56 Å². The molecule has 0 atom stereocenters. The van der Waals surface area contributed by atoms with E-state index in [1.807, 2.05) is 0 Å². The number of Topliss-reactive ketones (excluding diaryl/α,β-unsaturated/α-hetero) is 1. The molecule has 1 aliphatic carbocycles. The lowest BCUT2D eigenvalue weighted by Gasteiger charge is -2.23. The summed E-state index contributed by atoms with van der Waals surface area (Å²) in [6, 6.07) is 6.44. The van der Waals surface area contributed by atoms with E-state index in [1.165, 1.54) is 17.9 Å². The average Bonchev–Trinajstić information content (AvgIpc) is 3.11. The van der Waals surface area contributed by atoms with E-state index in [2.05, 4.69) is 5.32 Å². The highest BCUT2D eigenvalue weighted by Crippen LogP contribution is 2.28. The molecule has 9 heteroatoms. The molecule has 1 N–H and O–H groups in total. The molecule has 32 heavy (non-hydrogen) atoms. The zero-order valence-electron chi connectivity index (χ0n) is 17.9. The Morgan fingerprint density at radius 1 is 1.12 bits per heavy atom. The lowest BCUT2D eigenvalue weighted by molar-refractivity contribution is -0.122. The van der Waals surface area contributed by atoms with Crippen molar-refractivity contribution in [2.75, 3.05) is 0 Å². The maximum Gasteiger partial charge on any atom is 0.337 e. The number of carbonyl (C=O) groups is 2. The molecule has 1 aromatic carbocycles. The number of hydrogen-bond acceptors (Lipinski definition) is 5. The van der Waals surface area contributed by atoms with E-state index in [1.54, 1.807) is 31.2 Å². The molecule has 2 heterocycles. The Hall–Kier alpha value is -2.71. The van der Waals surface area contributed by atoms with E-state index in [9.17, 15) is 19.2 Å². The van der Waals surface area contributed by atoms with E-state index in [0.29, 0.717) is 26.0 Å². The second-order valence-corrected chi connectivity index (χ2v) is 9.62. The predicted octanol–water partition coefficient (Wildman–Crippen LogP) is 3.83. The van der Waals surface area contributed by atoms with Crippen molar-refractivity contribution < 1.29 is 9.59 Å². The van der Waals surface area contributed by atoms with Gasteiger partial charge in [0.15, 0.2) is 5.78 Å². The van der Waals surface area contributed by atoms with Crippen LogP contribution in [0.2, 0.25) is 5.02 Å². The normalized spacial score (nSPS) is 14.6. The standard InChI is InChI=1S/C23H24ClN3O4S/c1-13-19-21(30)27(17-10-8-15(24)9-11-17)23(31)26(22(19)32-20(13)14(2)28)12-18(29)25-16-6-4-3-5-7-16/h8-11,16H,3-7,12H2,1-2H3,(H,25,29). The zero-order chi connectivity index (χ0) is 23.0. The average molecular weight is 474 g/mol. The van der Waals surface area contributed by atoms with E-state index < -0.39 is 11.2 Å². The van der Waals surface area contributed by atoms with Crippen molar-refractivity contribution in [2.24, 2.45) is 0 Å². The molecule has 1 saturated carbocycles. The third-order valence-corrected chi connectivity index (χ3v) is 7.56. The number of aryl methyl sites for hydroxylation is 1. The van der Waals surface area contributed by atoms with Gasteiger partial charge in [-0.3, -0.25) is 19.0 Å². The highest BCUT2D eigenvalue weighted by Gasteiger charge is 2.24. The molecule has 3 aromatic rings. The van der Waals surface area contributed by atoms with Crippen LogP contribution in [-0.4, -0.2) is 26.9 Å². The topological polar surface area (TPSA) is 90.2 Å². The summed E-state index contributed by atoms with van der Waals surface area (Å²) < 4.78 is 2.34. The first-order valence-corrected chi connectivity index (χ1v) is 11.8. The van der Waals surface area contributed by atoms with Crippen LogP contribution in [0.15, 0.2) is 33.9 Å². The molecule has 7 nitrogen and oxygen atoms in total. The van der Waals surface area contributed by atoms with Crippen molar-refractivity contribution in [1.82, 2.24) is 14.5 Å². The highest BCUT2D eigenvalue weighted by atomic mass is 35.5. The van der Waals surface area contributed by atoms with Gasteiger partial charge in [-0.1, -0.05) is 30.9 Å². The van der Waals surface area contributed by atoms with Gasteiger partial charge in [-0.05, 0) is 56.5 Å². The summed E-state index contributed by atoms with van der Waals surface area (Å²) in [5, 5.41) is 3.77. The number of nitrogens with one attached hydrogen (secondary N) is 1. The third-order valence-electron chi connectivity index (χ3n) is 5.89. The molecule has 0 saturated heterocycles. The van der Waals surface area contributed by atoms with Gasteiger partial charge in [-0.25, -0.2) is 9.36 Å². The van der Waals surface area contributed by atoms with Crippen LogP contribution in [0.4, 0.5) is 0 Å². The number of amides is 1. The van der Waals surface area contributed by atoms with Crippen LogP contribution in [0.5, 0.6) is 0 Å². The number of rotatable bonds is 5. The zero-order valence-corrected chi connectivity index (χ0v) is 19.5. The van der Waals surface area contributed by atoms with Crippen LogP contribution in [-0.2, 0) is 11.3 Å². The number of ketones is 1. The minimum Gasteiger partial charge on any atom is -0.352 e. The van der Waals surface area contributed by atoms with Crippen LogP contribution >= 0.6 is 22.9 Å². The fourth-order valence-electron chi connectivity index (χ4n) is 4.30. The highest BCUT2D eigenvalue weighted by molar-refractivity contribution is 7.20. The van der Waals surface area contributed by atoms with E-state index in [0.717, 1.165) is 41.6 Å². The van der Waals surface area contributed by atoms with Gasteiger partial charge < -0.3 is 5.32 Å². The number of benzene rings is 1. The van der Waals surface area contributed by atoms with Crippen LogP contribution in [0, 0.1) is 6.92 Å². The number of thiophene rings is 1. The number of halogens is 1. The molecule has 1 amide bonds. The van der Waals surface area contributed by atoms with Crippen molar-refractivity contribution in [3.63, 3.8) is 0 Å². The molecule has 1 aliphatic rings. The monoisotopic (exact) mass is 473 g/mol. The first-order chi connectivity index (χ1) is 15.3. The predicted molar refractivity (Wildman–Crippen MR) is 126 cm³/mol. The van der Waals surface area contributed by atoms with E-state index in [-0.39, 0.29) is 29.7 Å². The van der Waals surface area contributed by atoms with E-state index >= 15 is 0 Å². The summed E-state index contributed by atoms with van der Waals surface area (Å²) in [6.07, 6.45) is 5.16. The quantitative estimate of drug-likeness (QED) is 0.570. The third kappa shape index (κ3) is 4.17. The smallest absolute Gasteiger partial charge is 0.337 e. The SMILES string of the molecule is CC(=O)c1sc2c(c1C)c(=O)n(-c1ccc(Cl)cc1)c(=O)n2CC(=O)NC1CCCCC1. The fraction of sp³-hybridized carbons (Fsp3) is 0.391. The molecule has 0 aliphatic heterocycles. The van der Waals surface area contributed by atoms with Gasteiger partial charge in [-0.2, -0.15) is 0 Å². The molecule has 2 aromatic heterocycles. The van der Waals surface area contributed by atoms with Crippen molar-refractivity contribution in [2.45, 2.75) is 58.5 Å². The fourth-order valence-corrected chi connectivity index (χ4v) is 5.62. The van der Waals surface area contributed by atoms with Crippen molar-refractivity contribution >= 4 is 44.8 Å². The molecule has 4 rings (SSSR count). The number of carbonyl (C=O) groups excluding carboxylic acids is 2. The molecule has 0 unspecified atom stereocenters. The number of aromatic nitrogens is 2. The van der Waals surface area contributed by atoms with Gasteiger partial charge >= 0.3 is 5.69 Å². The summed E-state index contributed by atoms with van der Waals surface area (Å²) in [4.78, 5) is 52.5. The van der Waals surface area contributed by atoms with Gasteiger partial charge in [0, 0.05) is 11.1 Å². The summed E-state index contributed by atoms with van der Waals surface area (Å²) in [5.74, 6) is -0.469. The second kappa shape index (κ2) is 9.03. The Morgan fingerprint density at radius 3 is 2.41 bits per heavy atom. The number of nitrogens with zero attached hydrogens (tertiary/aromatic N) is 2. The van der Waals surface area contributed by atoms with Crippen molar-refractivity contribution in [3.05, 3.63) is 60.6 Å². The van der Waals surface area contributed by atoms with Crippen LogP contribution in [0.3, 0.4) is 0 Å². The van der Waals surface area contributed by atoms with Gasteiger partial charge in [0.2, 0.25) is 5.91 Å². The first kappa shape index (κ1) is 22.5. The largest absolute Gasteiger partial charge is 0.352 e. The van der Waals surface area contributed by atoms with Crippen LogP contribution in [0.25, 0.3) is 15.9 Å². The Balaban J connectivity index is 1.88. The van der Waals surface area contributed by atoms with Crippen molar-refractivity contribution in [1.29, 1.82) is 0 Å². The van der Waals surface area contributed by atoms with Crippen LogP contribution in [0.1, 0.15) is 54.3 Å². The minimum atomic E-state index is -0.625. The Kier molecular flexibility index (Phi) is 6.35. The maximum absolute atomic E-state index is 13.4. The molecule has 0 radical (unpaired) electrons. The lowest BCUT2D eigenvalue weighted by atomic mass is 9.95. The first-order valence-electron chi connectivity index (χ1n) is 10.6. The van der Waals surface area contributed by atoms with E-state index in [4.69, 9.17) is 11.6 Å². The molecular formula is C23H24ClN3O4S. The van der Waals surface area contributed by atoms with Gasteiger partial charge in [-0.15, -0.1) is 11.3 Å². The number of hydrogen-bond donors (Lipinski definition) is 1. The van der Waals surface area contributed by atoms with Crippen molar-refractivity contribution in [3.8, 4) is 5.69 Å². The second-order valence-electron chi connectivity index (χ2n) is 8.18. The summed E-state index contributed by atoms with van der Waals surface area (Å²) in [6.45, 7) is 2.89. The summed E-state index contributed by atoms with van der Waals surface area (Å²) in [5.41, 5.74) is -0.271. The maximum atomic E-state index is 13.4. The minimum absolute atomic E-state index is 0.0995. The molecule has 0 spiro atoms. The summed E-state index contributed by atoms with van der Waals surface area (Å²) >= 11 is 7.05. The summed E-state index contributed by atoms with van der Waals surface area (Å²) in [7, 11) is 0. The Labute approximate surface area is 193 Å². The Bertz CT molecular complexity index is 1310. The molecule has 168 valence electrons.